The van der Waals surface area contributed by atoms with Crippen LogP contribution in [0.3, 0.4) is 0 Å². The van der Waals surface area contributed by atoms with Gasteiger partial charge in [-0.25, -0.2) is 4.98 Å². The Labute approximate surface area is 145 Å². The van der Waals surface area contributed by atoms with Crippen LogP contribution < -0.4 is 5.32 Å². The first kappa shape index (κ1) is 15.1. The number of aromatic nitrogens is 2. The fourth-order valence-electron chi connectivity index (χ4n) is 2.56. The summed E-state index contributed by atoms with van der Waals surface area (Å²) in [5.74, 6) is 0.587. The Bertz CT molecular complexity index is 956. The van der Waals surface area contributed by atoms with Crippen LogP contribution in [0, 0.1) is 0 Å². The third kappa shape index (κ3) is 3.58. The van der Waals surface area contributed by atoms with Crippen molar-refractivity contribution < 1.29 is 4.42 Å². The van der Waals surface area contributed by atoms with E-state index in [-0.39, 0.29) is 0 Å². The number of nitrogens with zero attached hydrogens (tertiary/aromatic N) is 2. The number of rotatable bonds is 5. The van der Waals surface area contributed by atoms with Crippen molar-refractivity contribution >= 4 is 23.0 Å². The average molecular weight is 327 g/mol. The molecule has 0 radical (unpaired) electrons. The lowest BCUT2D eigenvalue weighted by atomic mass is 10.2. The zero-order chi connectivity index (χ0) is 16.9. The van der Waals surface area contributed by atoms with Crippen molar-refractivity contribution in [2.24, 2.45) is 0 Å². The second-order valence-electron chi connectivity index (χ2n) is 5.62. The number of hydrogen-bond donors (Lipinski definition) is 1. The lowest BCUT2D eigenvalue weighted by Crippen LogP contribution is -1.97. The van der Waals surface area contributed by atoms with Crippen LogP contribution in [0.25, 0.3) is 28.8 Å². The van der Waals surface area contributed by atoms with E-state index >= 15 is 0 Å². The van der Waals surface area contributed by atoms with Crippen LogP contribution in [0.5, 0.6) is 0 Å². The van der Waals surface area contributed by atoms with Crippen LogP contribution in [0.1, 0.15) is 5.56 Å². The van der Waals surface area contributed by atoms with E-state index in [1.165, 1.54) is 5.56 Å². The minimum absolute atomic E-state index is 0.587. The lowest BCUT2D eigenvalue weighted by Gasteiger charge is -2.03. The zero-order valence-electron chi connectivity index (χ0n) is 13.6. The molecule has 0 aliphatic rings. The summed E-state index contributed by atoms with van der Waals surface area (Å²) in [4.78, 5) is 8.61. The third-order valence-electron chi connectivity index (χ3n) is 3.83. The molecular formula is C21H17N3O. The summed E-state index contributed by atoms with van der Waals surface area (Å²) in [5.41, 5.74) is 4.51. The maximum Gasteiger partial charge on any atom is 0.228 e. The van der Waals surface area contributed by atoms with E-state index in [1.54, 1.807) is 6.20 Å². The van der Waals surface area contributed by atoms with Crippen molar-refractivity contribution in [3.8, 4) is 11.5 Å². The summed E-state index contributed by atoms with van der Waals surface area (Å²) < 4.78 is 5.74. The van der Waals surface area contributed by atoms with E-state index < -0.39 is 0 Å². The van der Waals surface area contributed by atoms with Gasteiger partial charge in [-0.05, 0) is 42.0 Å². The Morgan fingerprint density at radius 1 is 0.920 bits per heavy atom. The summed E-state index contributed by atoms with van der Waals surface area (Å²) in [6.07, 6.45) is 5.92. The van der Waals surface area contributed by atoms with E-state index in [2.05, 4.69) is 39.6 Å². The first-order valence-corrected chi connectivity index (χ1v) is 8.16. The molecule has 1 N–H and O–H groups in total. The van der Waals surface area contributed by atoms with Crippen molar-refractivity contribution in [3.05, 3.63) is 84.6 Å². The number of pyridine rings is 1. The number of benzene rings is 2. The zero-order valence-corrected chi connectivity index (χ0v) is 13.6. The Kier molecular flexibility index (Phi) is 4.25. The molecule has 0 aliphatic carbocycles. The molecule has 0 fully saturated rings. The number of nitrogens with one attached hydrogen (secondary N) is 1. The largest absolute Gasteiger partial charge is 0.434 e. The molecule has 0 saturated heterocycles. The molecule has 25 heavy (non-hydrogen) atoms. The first-order chi connectivity index (χ1) is 12.4. The molecular weight excluding hydrogens is 310 g/mol. The second kappa shape index (κ2) is 7.01. The van der Waals surface area contributed by atoms with Crippen molar-refractivity contribution in [1.82, 2.24) is 9.97 Å². The van der Waals surface area contributed by atoms with Gasteiger partial charge in [0.15, 0.2) is 11.2 Å². The first-order valence-electron chi connectivity index (χ1n) is 8.16. The molecule has 4 aromatic rings. The highest BCUT2D eigenvalue weighted by molar-refractivity contribution is 5.72. The van der Waals surface area contributed by atoms with Gasteiger partial charge >= 0.3 is 0 Å². The molecule has 4 rings (SSSR count). The summed E-state index contributed by atoms with van der Waals surface area (Å²) in [5, 5.41) is 3.37. The molecule has 2 heterocycles. The molecule has 0 amide bonds. The number of anilines is 1. The summed E-state index contributed by atoms with van der Waals surface area (Å²) in [6.45, 7) is 0.765. The molecule has 2 aromatic carbocycles. The minimum Gasteiger partial charge on any atom is -0.434 e. The normalized spacial score (nSPS) is 11.2. The summed E-state index contributed by atoms with van der Waals surface area (Å²) >= 11 is 0. The maximum absolute atomic E-state index is 5.74. The quantitative estimate of drug-likeness (QED) is 0.559. The third-order valence-corrected chi connectivity index (χ3v) is 3.83. The van der Waals surface area contributed by atoms with Crippen LogP contribution >= 0.6 is 0 Å². The van der Waals surface area contributed by atoms with Crippen LogP contribution in [-0.2, 0) is 0 Å². The average Bonchev–Trinajstić information content (AvgIpc) is 3.11. The monoisotopic (exact) mass is 327 g/mol. The van der Waals surface area contributed by atoms with Gasteiger partial charge in [0.25, 0.3) is 0 Å². The summed E-state index contributed by atoms with van der Waals surface area (Å²) in [6, 6.07) is 22.0. The topological polar surface area (TPSA) is 51.0 Å². The highest BCUT2D eigenvalue weighted by Crippen LogP contribution is 2.24. The van der Waals surface area contributed by atoms with Crippen molar-refractivity contribution in [1.29, 1.82) is 0 Å². The van der Waals surface area contributed by atoms with Gasteiger partial charge in [0.1, 0.15) is 0 Å². The van der Waals surface area contributed by atoms with Crippen LogP contribution in [0.4, 0.5) is 5.69 Å². The Morgan fingerprint density at radius 3 is 2.56 bits per heavy atom. The standard InChI is InChI=1S/C21H17N3O/c1-2-6-16(7-3-1)8-4-14-22-18-12-10-17(11-13-18)21-24-20-19(25-21)9-5-15-23-20/h1-13,15,22H,14H2/b8-4-. The van der Waals surface area contributed by atoms with Crippen molar-refractivity contribution in [2.75, 3.05) is 11.9 Å². The molecule has 0 unspecified atom stereocenters. The molecule has 0 bridgehead atoms. The van der Waals surface area contributed by atoms with Gasteiger partial charge in [0.2, 0.25) is 5.89 Å². The van der Waals surface area contributed by atoms with Gasteiger partial charge in [0, 0.05) is 24.0 Å². The van der Waals surface area contributed by atoms with Crippen LogP contribution in [0.15, 0.2) is 83.4 Å². The van der Waals surface area contributed by atoms with Gasteiger partial charge in [-0.15, -0.1) is 0 Å². The molecule has 0 saturated carbocycles. The van der Waals surface area contributed by atoms with E-state index in [0.29, 0.717) is 17.1 Å². The Morgan fingerprint density at radius 2 is 1.76 bits per heavy atom. The SMILES string of the molecule is C(=C/c1ccccc1)/CNc1ccc(-c2nc3ncccc3o2)cc1. The smallest absolute Gasteiger partial charge is 0.228 e. The van der Waals surface area contributed by atoms with Gasteiger partial charge < -0.3 is 9.73 Å². The highest BCUT2D eigenvalue weighted by atomic mass is 16.3. The van der Waals surface area contributed by atoms with Crippen molar-refractivity contribution in [3.63, 3.8) is 0 Å². The van der Waals surface area contributed by atoms with Gasteiger partial charge in [0.05, 0.1) is 0 Å². The molecule has 2 aromatic heterocycles. The molecule has 0 atom stereocenters. The molecule has 122 valence electrons. The predicted octanol–water partition coefficient (Wildman–Crippen LogP) is 5.02. The summed E-state index contributed by atoms with van der Waals surface area (Å²) in [7, 11) is 0. The Balaban J connectivity index is 1.41. The van der Waals surface area contributed by atoms with Gasteiger partial charge in [-0.2, -0.15) is 4.98 Å². The van der Waals surface area contributed by atoms with Crippen LogP contribution in [0.2, 0.25) is 0 Å². The van der Waals surface area contributed by atoms with Crippen molar-refractivity contribution in [2.45, 2.75) is 0 Å². The fourth-order valence-corrected chi connectivity index (χ4v) is 2.56. The van der Waals surface area contributed by atoms with Gasteiger partial charge in [-0.3, -0.25) is 0 Å². The predicted molar refractivity (Wildman–Crippen MR) is 101 cm³/mol. The van der Waals surface area contributed by atoms with E-state index in [9.17, 15) is 0 Å². The molecule has 0 spiro atoms. The Hall–Kier alpha value is -3.40. The van der Waals surface area contributed by atoms with Crippen LogP contribution in [-0.4, -0.2) is 16.5 Å². The minimum atomic E-state index is 0.587. The molecule has 4 heteroatoms. The molecule has 0 aliphatic heterocycles. The van der Waals surface area contributed by atoms with E-state index in [0.717, 1.165) is 17.8 Å². The fraction of sp³-hybridized carbons (Fsp3) is 0.0476. The second-order valence-corrected chi connectivity index (χ2v) is 5.62. The number of hydrogen-bond acceptors (Lipinski definition) is 4. The molecule has 4 nitrogen and oxygen atoms in total. The number of oxazole rings is 1. The number of fused-ring (bicyclic) bond motifs is 1. The maximum atomic E-state index is 5.74. The lowest BCUT2D eigenvalue weighted by molar-refractivity contribution is 0.619. The van der Waals surface area contributed by atoms with Gasteiger partial charge in [-0.1, -0.05) is 42.5 Å². The van der Waals surface area contributed by atoms with E-state index in [4.69, 9.17) is 4.42 Å². The van der Waals surface area contributed by atoms with E-state index in [1.807, 2.05) is 54.6 Å². The highest BCUT2D eigenvalue weighted by Gasteiger charge is 2.08.